The van der Waals surface area contributed by atoms with Gasteiger partial charge in [0.2, 0.25) is 0 Å². The van der Waals surface area contributed by atoms with Crippen LogP contribution in [0.1, 0.15) is 17.0 Å². The largest absolute Gasteiger partial charge is 0.504 e. The van der Waals surface area contributed by atoms with Crippen molar-refractivity contribution in [3.05, 3.63) is 23.2 Å². The standard InChI is InChI=1S/C8H12N2O/c1-6-8(4-5-11-3)7(2)10-9-6/h4-5H,1-3H3,(H,9,10). The molecule has 0 aliphatic carbocycles. The first-order valence-corrected chi connectivity index (χ1v) is 3.46. The molecular formula is C8H12N2O. The molecule has 0 aliphatic rings. The Morgan fingerprint density at radius 3 is 2.64 bits per heavy atom. The number of hydrogen-bond donors (Lipinski definition) is 1. The molecule has 1 rings (SSSR count). The summed E-state index contributed by atoms with van der Waals surface area (Å²) in [5, 5.41) is 6.93. The van der Waals surface area contributed by atoms with Crippen molar-refractivity contribution >= 4 is 6.08 Å². The molecule has 0 fully saturated rings. The van der Waals surface area contributed by atoms with Gasteiger partial charge >= 0.3 is 0 Å². The van der Waals surface area contributed by atoms with E-state index in [4.69, 9.17) is 4.74 Å². The number of ether oxygens (including phenoxy) is 1. The third-order valence-corrected chi connectivity index (χ3v) is 1.56. The van der Waals surface area contributed by atoms with E-state index in [9.17, 15) is 0 Å². The molecule has 0 unspecified atom stereocenters. The van der Waals surface area contributed by atoms with Crippen LogP contribution in [0, 0.1) is 13.8 Å². The fourth-order valence-corrected chi connectivity index (χ4v) is 0.941. The molecule has 0 amide bonds. The van der Waals surface area contributed by atoms with Crippen molar-refractivity contribution in [1.29, 1.82) is 0 Å². The van der Waals surface area contributed by atoms with Crippen molar-refractivity contribution in [1.82, 2.24) is 10.2 Å². The molecule has 3 nitrogen and oxygen atoms in total. The Morgan fingerprint density at radius 1 is 1.45 bits per heavy atom. The molecule has 1 aromatic rings. The lowest BCUT2D eigenvalue weighted by atomic mass is 10.2. The van der Waals surface area contributed by atoms with E-state index in [-0.39, 0.29) is 0 Å². The minimum atomic E-state index is 0.996. The lowest BCUT2D eigenvalue weighted by molar-refractivity contribution is 0.341. The summed E-state index contributed by atoms with van der Waals surface area (Å²) in [6, 6.07) is 0. The summed E-state index contributed by atoms with van der Waals surface area (Å²) < 4.78 is 4.80. The van der Waals surface area contributed by atoms with Crippen LogP contribution >= 0.6 is 0 Å². The van der Waals surface area contributed by atoms with Crippen molar-refractivity contribution in [2.75, 3.05) is 7.11 Å². The number of nitrogens with one attached hydrogen (secondary N) is 1. The minimum absolute atomic E-state index is 0.996. The Kier molecular flexibility index (Phi) is 2.31. The number of hydrogen-bond acceptors (Lipinski definition) is 2. The molecular weight excluding hydrogens is 140 g/mol. The van der Waals surface area contributed by atoms with Gasteiger partial charge in [-0.25, -0.2) is 0 Å². The summed E-state index contributed by atoms with van der Waals surface area (Å²) in [7, 11) is 1.63. The van der Waals surface area contributed by atoms with Crippen LogP contribution in [0.4, 0.5) is 0 Å². The molecule has 0 saturated heterocycles. The van der Waals surface area contributed by atoms with Crippen molar-refractivity contribution in [3.63, 3.8) is 0 Å². The van der Waals surface area contributed by atoms with E-state index in [1.807, 2.05) is 19.9 Å². The monoisotopic (exact) mass is 152 g/mol. The van der Waals surface area contributed by atoms with Crippen LogP contribution in [0.5, 0.6) is 0 Å². The second-order valence-corrected chi connectivity index (χ2v) is 2.39. The van der Waals surface area contributed by atoms with Crippen LogP contribution in [0.25, 0.3) is 6.08 Å². The van der Waals surface area contributed by atoms with Gasteiger partial charge in [-0.3, -0.25) is 5.10 Å². The van der Waals surface area contributed by atoms with Gasteiger partial charge in [0.25, 0.3) is 0 Å². The summed E-state index contributed by atoms with van der Waals surface area (Å²) >= 11 is 0. The summed E-state index contributed by atoms with van der Waals surface area (Å²) in [5.74, 6) is 0. The van der Waals surface area contributed by atoms with Gasteiger partial charge in [0.05, 0.1) is 19.1 Å². The Bertz CT molecular complexity index is 244. The highest BCUT2D eigenvalue weighted by Crippen LogP contribution is 2.10. The topological polar surface area (TPSA) is 37.9 Å². The number of H-pyrrole nitrogens is 1. The Morgan fingerprint density at radius 2 is 2.18 bits per heavy atom. The zero-order valence-electron chi connectivity index (χ0n) is 7.01. The third-order valence-electron chi connectivity index (χ3n) is 1.56. The van der Waals surface area contributed by atoms with Crippen LogP contribution in [0.3, 0.4) is 0 Å². The molecule has 1 aromatic heterocycles. The van der Waals surface area contributed by atoms with E-state index in [0.29, 0.717) is 0 Å². The highest BCUT2D eigenvalue weighted by Gasteiger charge is 2.00. The Hall–Kier alpha value is -1.25. The first-order chi connectivity index (χ1) is 5.25. The maximum atomic E-state index is 4.80. The zero-order valence-corrected chi connectivity index (χ0v) is 7.01. The first kappa shape index (κ1) is 7.85. The number of rotatable bonds is 2. The molecule has 3 heteroatoms. The van der Waals surface area contributed by atoms with Crippen LogP contribution in [0.15, 0.2) is 6.26 Å². The van der Waals surface area contributed by atoms with E-state index in [2.05, 4.69) is 10.2 Å². The minimum Gasteiger partial charge on any atom is -0.504 e. The number of aromatic nitrogens is 2. The fraction of sp³-hybridized carbons (Fsp3) is 0.375. The number of aromatic amines is 1. The third kappa shape index (κ3) is 1.61. The lowest BCUT2D eigenvalue weighted by Crippen LogP contribution is -1.77. The Balaban J connectivity index is 2.92. The molecule has 1 N–H and O–H groups in total. The van der Waals surface area contributed by atoms with E-state index in [1.165, 1.54) is 0 Å². The highest BCUT2D eigenvalue weighted by molar-refractivity contribution is 5.52. The van der Waals surface area contributed by atoms with Gasteiger partial charge < -0.3 is 4.74 Å². The molecule has 0 saturated carbocycles. The quantitative estimate of drug-likeness (QED) is 0.654. The van der Waals surface area contributed by atoms with E-state index >= 15 is 0 Å². The van der Waals surface area contributed by atoms with Crippen LogP contribution < -0.4 is 0 Å². The SMILES string of the molecule is COC=Cc1c(C)n[nH]c1C. The summed E-state index contributed by atoms with van der Waals surface area (Å²) in [6.07, 6.45) is 3.54. The van der Waals surface area contributed by atoms with Gasteiger partial charge in [0.1, 0.15) is 0 Å². The maximum absolute atomic E-state index is 4.80. The Labute approximate surface area is 66.1 Å². The van der Waals surface area contributed by atoms with Gasteiger partial charge in [0, 0.05) is 11.3 Å². The van der Waals surface area contributed by atoms with Crippen molar-refractivity contribution in [3.8, 4) is 0 Å². The number of methoxy groups -OCH3 is 1. The molecule has 60 valence electrons. The average Bonchev–Trinajstić information content (AvgIpc) is 2.29. The van der Waals surface area contributed by atoms with Gasteiger partial charge in [-0.15, -0.1) is 0 Å². The predicted molar refractivity (Wildman–Crippen MR) is 44.1 cm³/mol. The molecule has 1 heterocycles. The van der Waals surface area contributed by atoms with Crippen LogP contribution in [0.2, 0.25) is 0 Å². The molecule has 0 aliphatic heterocycles. The van der Waals surface area contributed by atoms with Gasteiger partial charge in [-0.05, 0) is 19.9 Å². The van der Waals surface area contributed by atoms with E-state index in [0.717, 1.165) is 17.0 Å². The van der Waals surface area contributed by atoms with Gasteiger partial charge in [-0.2, -0.15) is 5.10 Å². The van der Waals surface area contributed by atoms with E-state index in [1.54, 1.807) is 13.4 Å². The lowest BCUT2D eigenvalue weighted by Gasteiger charge is -1.90. The second kappa shape index (κ2) is 3.23. The molecule has 0 aromatic carbocycles. The first-order valence-electron chi connectivity index (χ1n) is 3.46. The van der Waals surface area contributed by atoms with Gasteiger partial charge in [-0.1, -0.05) is 0 Å². The molecule has 0 atom stereocenters. The molecule has 11 heavy (non-hydrogen) atoms. The number of aryl methyl sites for hydroxylation is 2. The summed E-state index contributed by atoms with van der Waals surface area (Å²) in [6.45, 7) is 3.94. The normalized spacial score (nSPS) is 10.8. The maximum Gasteiger partial charge on any atom is 0.0831 e. The summed E-state index contributed by atoms with van der Waals surface area (Å²) in [5.41, 5.74) is 3.17. The molecule has 0 radical (unpaired) electrons. The van der Waals surface area contributed by atoms with Gasteiger partial charge in [0.15, 0.2) is 0 Å². The number of nitrogens with zero attached hydrogens (tertiary/aromatic N) is 1. The molecule has 0 spiro atoms. The predicted octanol–water partition coefficient (Wildman–Crippen LogP) is 1.64. The van der Waals surface area contributed by atoms with Crippen molar-refractivity contribution in [2.24, 2.45) is 0 Å². The van der Waals surface area contributed by atoms with Crippen LogP contribution in [-0.2, 0) is 4.74 Å². The smallest absolute Gasteiger partial charge is 0.0831 e. The van der Waals surface area contributed by atoms with E-state index < -0.39 is 0 Å². The second-order valence-electron chi connectivity index (χ2n) is 2.39. The molecule has 0 bridgehead atoms. The average molecular weight is 152 g/mol. The summed E-state index contributed by atoms with van der Waals surface area (Å²) in [4.78, 5) is 0. The van der Waals surface area contributed by atoms with Crippen molar-refractivity contribution < 1.29 is 4.74 Å². The highest BCUT2D eigenvalue weighted by atomic mass is 16.5. The van der Waals surface area contributed by atoms with Crippen LogP contribution in [-0.4, -0.2) is 17.3 Å². The fourth-order valence-electron chi connectivity index (χ4n) is 0.941. The zero-order chi connectivity index (χ0) is 8.27. The van der Waals surface area contributed by atoms with Crippen molar-refractivity contribution in [2.45, 2.75) is 13.8 Å².